The third-order valence-corrected chi connectivity index (χ3v) is 3.20. The van der Waals surface area contributed by atoms with Gasteiger partial charge in [0, 0.05) is 18.2 Å². The fraction of sp³-hybridized carbons (Fsp3) is 0.214. The van der Waals surface area contributed by atoms with Crippen LogP contribution in [0.4, 0.5) is 11.5 Å². The number of nitrogens with zero attached hydrogens (tertiary/aromatic N) is 2. The highest BCUT2D eigenvalue weighted by Gasteiger charge is 2.17. The summed E-state index contributed by atoms with van der Waals surface area (Å²) in [7, 11) is 0. The first-order chi connectivity index (χ1) is 10.1. The molecule has 0 unspecified atom stereocenters. The molecule has 1 aromatic heterocycles. The van der Waals surface area contributed by atoms with Gasteiger partial charge in [-0.25, -0.2) is 4.98 Å². The van der Waals surface area contributed by atoms with E-state index in [9.17, 15) is 10.1 Å². The molecule has 1 aromatic carbocycles. The van der Waals surface area contributed by atoms with Gasteiger partial charge in [0.25, 0.3) is 5.69 Å². The average molecular weight is 287 g/mol. The zero-order valence-electron chi connectivity index (χ0n) is 11.3. The fourth-order valence-electron chi connectivity index (χ4n) is 2.15. The monoisotopic (exact) mass is 287 g/mol. The molecule has 0 radical (unpaired) electrons. The van der Waals surface area contributed by atoms with Crippen LogP contribution in [0, 0.1) is 17.0 Å². The SMILES string of the molecule is Cc1cc([N+](=O)[O-])cnc1NCc1cccc2c1OCO2. The van der Waals surface area contributed by atoms with Gasteiger partial charge in [0.2, 0.25) is 6.79 Å². The van der Waals surface area contributed by atoms with E-state index in [1.165, 1.54) is 12.3 Å². The summed E-state index contributed by atoms with van der Waals surface area (Å²) in [5.41, 5.74) is 1.65. The van der Waals surface area contributed by atoms with Gasteiger partial charge in [-0.1, -0.05) is 12.1 Å². The van der Waals surface area contributed by atoms with Gasteiger partial charge in [-0.3, -0.25) is 10.1 Å². The van der Waals surface area contributed by atoms with Gasteiger partial charge in [0.1, 0.15) is 12.0 Å². The minimum absolute atomic E-state index is 0.0182. The Hall–Kier alpha value is -2.83. The highest BCUT2D eigenvalue weighted by molar-refractivity contribution is 5.52. The second-order valence-corrected chi connectivity index (χ2v) is 4.62. The van der Waals surface area contributed by atoms with Crippen molar-refractivity contribution in [3.05, 3.63) is 51.7 Å². The van der Waals surface area contributed by atoms with E-state index in [2.05, 4.69) is 10.3 Å². The summed E-state index contributed by atoms with van der Waals surface area (Å²) in [4.78, 5) is 14.3. The Balaban J connectivity index is 1.77. The molecule has 3 rings (SSSR count). The Bertz CT molecular complexity index is 703. The summed E-state index contributed by atoms with van der Waals surface area (Å²) < 4.78 is 10.7. The normalized spacial score (nSPS) is 12.2. The number of anilines is 1. The zero-order chi connectivity index (χ0) is 14.8. The third-order valence-electron chi connectivity index (χ3n) is 3.20. The predicted octanol–water partition coefficient (Wildman–Crippen LogP) is 2.64. The molecule has 2 aromatic rings. The van der Waals surface area contributed by atoms with E-state index in [-0.39, 0.29) is 12.5 Å². The molecule has 2 heterocycles. The van der Waals surface area contributed by atoms with Crippen molar-refractivity contribution in [3.8, 4) is 11.5 Å². The zero-order valence-corrected chi connectivity index (χ0v) is 11.3. The molecule has 1 aliphatic rings. The Morgan fingerprint density at radius 2 is 2.29 bits per heavy atom. The molecule has 0 bridgehead atoms. The number of aromatic nitrogens is 1. The highest BCUT2D eigenvalue weighted by atomic mass is 16.7. The van der Waals surface area contributed by atoms with Crippen molar-refractivity contribution in [3.63, 3.8) is 0 Å². The fourth-order valence-corrected chi connectivity index (χ4v) is 2.15. The maximum atomic E-state index is 10.7. The van der Waals surface area contributed by atoms with Crippen molar-refractivity contribution >= 4 is 11.5 Å². The van der Waals surface area contributed by atoms with E-state index >= 15 is 0 Å². The molecule has 0 saturated heterocycles. The van der Waals surface area contributed by atoms with Crippen molar-refractivity contribution < 1.29 is 14.4 Å². The summed E-state index contributed by atoms with van der Waals surface area (Å²) in [6, 6.07) is 7.16. The number of para-hydroxylation sites is 1. The first kappa shape index (κ1) is 13.2. The number of aryl methyl sites for hydroxylation is 1. The van der Waals surface area contributed by atoms with E-state index in [0.717, 1.165) is 17.1 Å². The van der Waals surface area contributed by atoms with Crippen LogP contribution >= 0.6 is 0 Å². The largest absolute Gasteiger partial charge is 0.454 e. The number of rotatable bonds is 4. The average Bonchev–Trinajstić information content (AvgIpc) is 2.94. The number of hydrogen-bond acceptors (Lipinski definition) is 6. The Morgan fingerprint density at radius 1 is 1.43 bits per heavy atom. The number of fused-ring (bicyclic) bond motifs is 1. The lowest BCUT2D eigenvalue weighted by molar-refractivity contribution is -0.385. The minimum Gasteiger partial charge on any atom is -0.454 e. The Labute approximate surface area is 120 Å². The number of pyridine rings is 1. The quantitative estimate of drug-likeness (QED) is 0.687. The molecule has 0 amide bonds. The van der Waals surface area contributed by atoms with Gasteiger partial charge >= 0.3 is 0 Å². The van der Waals surface area contributed by atoms with Crippen LogP contribution in [-0.2, 0) is 6.54 Å². The van der Waals surface area contributed by atoms with Crippen LogP contribution in [0.1, 0.15) is 11.1 Å². The van der Waals surface area contributed by atoms with Gasteiger partial charge in [-0.2, -0.15) is 0 Å². The number of ether oxygens (including phenoxy) is 2. The second kappa shape index (κ2) is 5.28. The molecular weight excluding hydrogens is 274 g/mol. The molecule has 7 nitrogen and oxygen atoms in total. The number of nitro groups is 1. The van der Waals surface area contributed by atoms with Gasteiger partial charge in [0.15, 0.2) is 11.5 Å². The van der Waals surface area contributed by atoms with E-state index in [0.29, 0.717) is 17.9 Å². The topological polar surface area (TPSA) is 86.5 Å². The van der Waals surface area contributed by atoms with E-state index < -0.39 is 4.92 Å². The van der Waals surface area contributed by atoms with Crippen molar-refractivity contribution in [2.45, 2.75) is 13.5 Å². The van der Waals surface area contributed by atoms with Crippen LogP contribution in [-0.4, -0.2) is 16.7 Å². The van der Waals surface area contributed by atoms with Crippen LogP contribution in [0.25, 0.3) is 0 Å². The molecule has 0 spiro atoms. The number of hydrogen-bond donors (Lipinski definition) is 1. The summed E-state index contributed by atoms with van der Waals surface area (Å²) in [5.74, 6) is 2.06. The van der Waals surface area contributed by atoms with E-state index in [1.54, 1.807) is 6.92 Å². The van der Waals surface area contributed by atoms with Crippen LogP contribution in [0.3, 0.4) is 0 Å². The lowest BCUT2D eigenvalue weighted by atomic mass is 10.2. The molecule has 7 heteroatoms. The number of nitrogens with one attached hydrogen (secondary N) is 1. The summed E-state index contributed by atoms with van der Waals surface area (Å²) >= 11 is 0. The van der Waals surface area contributed by atoms with Crippen LogP contribution in [0.2, 0.25) is 0 Å². The van der Waals surface area contributed by atoms with Gasteiger partial charge in [-0.05, 0) is 18.6 Å². The van der Waals surface area contributed by atoms with Crippen molar-refractivity contribution in [2.24, 2.45) is 0 Å². The summed E-state index contributed by atoms with van der Waals surface area (Å²) in [5, 5.41) is 13.8. The van der Waals surface area contributed by atoms with Crippen LogP contribution < -0.4 is 14.8 Å². The van der Waals surface area contributed by atoms with Gasteiger partial charge in [-0.15, -0.1) is 0 Å². The third kappa shape index (κ3) is 2.58. The lowest BCUT2D eigenvalue weighted by Gasteiger charge is -2.10. The minimum atomic E-state index is -0.459. The van der Waals surface area contributed by atoms with Crippen LogP contribution in [0.15, 0.2) is 30.5 Å². The van der Waals surface area contributed by atoms with E-state index in [4.69, 9.17) is 9.47 Å². The molecular formula is C14H13N3O4. The first-order valence-electron chi connectivity index (χ1n) is 6.37. The Morgan fingerprint density at radius 3 is 3.05 bits per heavy atom. The van der Waals surface area contributed by atoms with Crippen molar-refractivity contribution in [1.82, 2.24) is 4.98 Å². The van der Waals surface area contributed by atoms with Crippen LogP contribution in [0.5, 0.6) is 11.5 Å². The molecule has 0 fully saturated rings. The molecule has 108 valence electrons. The standard InChI is InChI=1S/C14H13N3O4/c1-9-5-11(17(18)19)7-16-14(9)15-6-10-3-2-4-12-13(10)21-8-20-12/h2-5,7H,6,8H2,1H3,(H,15,16). The summed E-state index contributed by atoms with van der Waals surface area (Å²) in [6.07, 6.45) is 1.24. The molecule has 21 heavy (non-hydrogen) atoms. The lowest BCUT2D eigenvalue weighted by Crippen LogP contribution is -2.05. The Kier molecular flexibility index (Phi) is 3.31. The first-order valence-corrected chi connectivity index (χ1v) is 6.37. The van der Waals surface area contributed by atoms with Gasteiger partial charge in [0.05, 0.1) is 4.92 Å². The number of benzene rings is 1. The molecule has 0 saturated carbocycles. The molecule has 1 aliphatic heterocycles. The predicted molar refractivity (Wildman–Crippen MR) is 75.5 cm³/mol. The molecule has 0 atom stereocenters. The maximum Gasteiger partial charge on any atom is 0.287 e. The molecule has 1 N–H and O–H groups in total. The smallest absolute Gasteiger partial charge is 0.287 e. The van der Waals surface area contributed by atoms with E-state index in [1.807, 2.05) is 18.2 Å². The second-order valence-electron chi connectivity index (χ2n) is 4.62. The maximum absolute atomic E-state index is 10.7. The van der Waals surface area contributed by atoms with Gasteiger partial charge < -0.3 is 14.8 Å². The van der Waals surface area contributed by atoms with Crippen molar-refractivity contribution in [2.75, 3.05) is 12.1 Å². The molecule has 0 aliphatic carbocycles. The summed E-state index contributed by atoms with van der Waals surface area (Å²) in [6.45, 7) is 2.50. The highest BCUT2D eigenvalue weighted by Crippen LogP contribution is 2.35. The van der Waals surface area contributed by atoms with Crippen molar-refractivity contribution in [1.29, 1.82) is 0 Å².